The number of hydrogen-bond acceptors (Lipinski definition) is 1. The van der Waals surface area contributed by atoms with Crippen molar-refractivity contribution in [1.82, 2.24) is 0 Å². The second kappa shape index (κ2) is 19.1. The standard InChI is InChI=1S/Nb.O.Ta.Zr. The molecule has 0 aromatic heterocycles. The predicted molar refractivity (Wildman–Crippen MR) is 0.686 cm³/mol. The van der Waals surface area contributed by atoms with Crippen LogP contribution in [0, 0.1) is 0 Å². The first-order chi connectivity index (χ1) is 1.00. The maximum atomic E-state index is 8.30. The van der Waals surface area contributed by atoms with Crippen molar-refractivity contribution in [2.24, 2.45) is 0 Å². The van der Waals surface area contributed by atoms with Crippen LogP contribution in [0.3, 0.4) is 0 Å². The Balaban J connectivity index is -0.00000000500. The van der Waals surface area contributed by atoms with Gasteiger partial charge < -0.3 is 0 Å². The normalized spacial score (nSPS) is 0.750. The minimum atomic E-state index is 0. The van der Waals surface area contributed by atoms with Gasteiger partial charge in [-0.1, -0.05) is 0 Å². The Labute approximate surface area is 71.8 Å². The van der Waals surface area contributed by atoms with E-state index in [1.54, 1.807) is 0 Å². The molecule has 4 heavy (non-hydrogen) atoms. The van der Waals surface area contributed by atoms with Gasteiger partial charge in [0.2, 0.25) is 0 Å². The Morgan fingerprint density at radius 3 is 1.25 bits per heavy atom. The van der Waals surface area contributed by atoms with Crippen LogP contribution in [0.15, 0.2) is 0 Å². The van der Waals surface area contributed by atoms with Crippen LogP contribution in [-0.4, -0.2) is 0 Å². The van der Waals surface area contributed by atoms with Crippen LogP contribution in [0.2, 0.25) is 0 Å². The molecule has 0 aliphatic heterocycles. The zero-order valence-corrected chi connectivity index (χ0v) is 9.67. The third kappa shape index (κ3) is 8.90. The first-order valence-electron chi connectivity index (χ1n) is 0.183. The molecule has 0 amide bonds. The van der Waals surface area contributed by atoms with E-state index in [2.05, 4.69) is 0 Å². The van der Waals surface area contributed by atoms with Crippen molar-refractivity contribution in [2.45, 2.75) is 0 Å². The van der Waals surface area contributed by atoms with Gasteiger partial charge in [0.05, 0.1) is 0 Å². The quantitative estimate of drug-likeness (QED) is 0.535. The molecule has 0 heterocycles. The van der Waals surface area contributed by atoms with Crippen molar-refractivity contribution >= 4 is 0 Å². The smallest absolute Gasteiger partial charge is 0 e. The Bertz CT molecular complexity index is 8.00. The van der Waals surface area contributed by atoms with Crippen molar-refractivity contribution in [3.05, 3.63) is 0 Å². The molecule has 20 valence electrons. The Morgan fingerprint density at radius 1 is 1.25 bits per heavy atom. The molecule has 0 aromatic carbocycles. The molecular weight excluding hydrogens is 381 g/mol. The number of rotatable bonds is 0. The second-order valence-corrected chi connectivity index (χ2v) is 0. The summed E-state index contributed by atoms with van der Waals surface area (Å²) in [5.41, 5.74) is 0. The SMILES string of the molecule is [O]=[Nb].[Ta].[Zr]. The minimum absolute atomic E-state index is 0. The van der Waals surface area contributed by atoms with Gasteiger partial charge in [0, 0.05) is 48.6 Å². The molecule has 0 saturated carbocycles. The minimum Gasteiger partial charge on any atom is 0 e. The van der Waals surface area contributed by atoms with Crippen molar-refractivity contribution in [2.75, 3.05) is 0 Å². The van der Waals surface area contributed by atoms with Crippen molar-refractivity contribution < 1.29 is 72.9 Å². The molecule has 1 nitrogen and oxygen atoms in total. The van der Waals surface area contributed by atoms with Gasteiger partial charge in [0.25, 0.3) is 0 Å². The summed E-state index contributed by atoms with van der Waals surface area (Å²) < 4.78 is 8.30. The first-order valence-corrected chi connectivity index (χ1v) is 1.08. The number of hydrogen-bond donors (Lipinski definition) is 0. The maximum Gasteiger partial charge on any atom is 0 e. The summed E-state index contributed by atoms with van der Waals surface area (Å²) in [4.78, 5) is 0. The van der Waals surface area contributed by atoms with Crippen molar-refractivity contribution in [3.8, 4) is 0 Å². The van der Waals surface area contributed by atoms with E-state index < -0.39 is 0 Å². The third-order valence-corrected chi connectivity index (χ3v) is 0. The fourth-order valence-electron chi connectivity index (χ4n) is 0. The van der Waals surface area contributed by atoms with Gasteiger partial charge in [-0.3, -0.25) is 0 Å². The van der Waals surface area contributed by atoms with Crippen molar-refractivity contribution in [3.63, 3.8) is 0 Å². The predicted octanol–water partition coefficient (Wildman–Crippen LogP) is -0.126. The van der Waals surface area contributed by atoms with E-state index in [1.807, 2.05) is 0 Å². The van der Waals surface area contributed by atoms with Crippen LogP contribution in [0.25, 0.3) is 0 Å². The summed E-state index contributed by atoms with van der Waals surface area (Å²) >= 11 is 0.500. The van der Waals surface area contributed by atoms with Crippen LogP contribution < -0.4 is 0 Å². The van der Waals surface area contributed by atoms with Crippen LogP contribution in [0.4, 0.5) is 0 Å². The molecular formula is NbOTaZr. The van der Waals surface area contributed by atoms with Crippen LogP contribution in [0.5, 0.6) is 0 Å². The van der Waals surface area contributed by atoms with E-state index >= 15 is 0 Å². The van der Waals surface area contributed by atoms with Gasteiger partial charge in [-0.25, -0.2) is 0 Å². The molecule has 1 radical (unpaired) electrons. The molecule has 0 bridgehead atoms. The molecule has 0 atom stereocenters. The molecule has 0 N–H and O–H groups in total. The molecule has 0 aliphatic rings. The zero-order valence-electron chi connectivity index (χ0n) is 1.80. The molecule has 4 heteroatoms. The summed E-state index contributed by atoms with van der Waals surface area (Å²) in [5, 5.41) is 0. The summed E-state index contributed by atoms with van der Waals surface area (Å²) in [7, 11) is 0. The van der Waals surface area contributed by atoms with E-state index in [0.717, 1.165) is 0 Å². The largest absolute Gasteiger partial charge is 0 e. The Morgan fingerprint density at radius 2 is 1.25 bits per heavy atom. The zero-order chi connectivity index (χ0) is 2.00. The van der Waals surface area contributed by atoms with E-state index in [4.69, 9.17) is 3.25 Å². The van der Waals surface area contributed by atoms with Crippen molar-refractivity contribution in [1.29, 1.82) is 0 Å². The van der Waals surface area contributed by atoms with Gasteiger partial charge in [0.15, 0.2) is 0 Å². The Kier molecular flexibility index (Phi) is 78.5. The average Bonchev–Trinajstić information content (AvgIpc) is 1.00. The first kappa shape index (κ1) is 16.4. The van der Waals surface area contributed by atoms with E-state index in [0.29, 0.717) is 21.0 Å². The summed E-state index contributed by atoms with van der Waals surface area (Å²) in [6.45, 7) is 0. The van der Waals surface area contributed by atoms with E-state index in [1.165, 1.54) is 0 Å². The fraction of sp³-hybridized carbons (Fsp3) is 0. The van der Waals surface area contributed by atoms with Gasteiger partial charge in [-0.15, -0.1) is 0 Å². The molecule has 0 aliphatic carbocycles. The van der Waals surface area contributed by atoms with Crippen LogP contribution in [-0.2, 0) is 72.9 Å². The molecule has 0 rings (SSSR count). The summed E-state index contributed by atoms with van der Waals surface area (Å²) in [6.07, 6.45) is 0. The van der Waals surface area contributed by atoms with Crippen LogP contribution in [0.1, 0.15) is 0 Å². The van der Waals surface area contributed by atoms with Gasteiger partial charge in [-0.05, 0) is 0 Å². The van der Waals surface area contributed by atoms with Gasteiger partial charge >= 0.3 is 24.3 Å². The summed E-state index contributed by atoms with van der Waals surface area (Å²) in [5.74, 6) is 0. The topological polar surface area (TPSA) is 17.1 Å². The monoisotopic (exact) mass is 380 g/mol. The molecule has 0 saturated heterocycles. The fourth-order valence-corrected chi connectivity index (χ4v) is 0. The Hall–Kier alpha value is 2.16. The molecule has 0 fully saturated rings. The van der Waals surface area contributed by atoms with Gasteiger partial charge in [-0.2, -0.15) is 0 Å². The maximum absolute atomic E-state index is 8.30. The average molecular weight is 381 g/mol. The van der Waals surface area contributed by atoms with Gasteiger partial charge in [0.1, 0.15) is 0 Å². The molecule has 0 unspecified atom stereocenters. The second-order valence-electron chi connectivity index (χ2n) is 0. The molecule has 0 aromatic rings. The summed E-state index contributed by atoms with van der Waals surface area (Å²) in [6, 6.07) is 0. The van der Waals surface area contributed by atoms with E-state index in [9.17, 15) is 0 Å². The van der Waals surface area contributed by atoms with Crippen LogP contribution >= 0.6 is 0 Å². The van der Waals surface area contributed by atoms with E-state index in [-0.39, 0.29) is 48.6 Å². The molecule has 0 spiro atoms. The third-order valence-electron chi connectivity index (χ3n) is 0.